The first-order chi connectivity index (χ1) is 15.9. The quantitative estimate of drug-likeness (QED) is 0.303. The number of carbonyl (C=O) groups excluding carboxylic acids is 2. The normalized spacial score (nSPS) is 10.9. The minimum Gasteiger partial charge on any atom is -0.497 e. The van der Waals surface area contributed by atoms with Crippen molar-refractivity contribution in [1.29, 1.82) is 0 Å². The fourth-order valence-corrected chi connectivity index (χ4v) is 3.38. The van der Waals surface area contributed by atoms with Crippen LogP contribution in [0.15, 0.2) is 41.5 Å². The van der Waals surface area contributed by atoms with Gasteiger partial charge in [0, 0.05) is 35.3 Å². The standard InChI is InChI=1S/C24H27N3O6/c1-6-32-24(29)23-15(2)27(3)20-10-9-18(11-19(20)23)33-14-22(28)26-25-13-16-7-8-17(30-4)12-21(16)31-5/h7-13H,6,14H2,1-5H3,(H,26,28)/b25-13+. The summed E-state index contributed by atoms with van der Waals surface area (Å²) in [4.78, 5) is 24.6. The van der Waals surface area contributed by atoms with Crippen LogP contribution in [0.3, 0.4) is 0 Å². The van der Waals surface area contributed by atoms with Crippen molar-refractivity contribution in [2.75, 3.05) is 27.4 Å². The average molecular weight is 453 g/mol. The van der Waals surface area contributed by atoms with Crippen LogP contribution in [0.5, 0.6) is 17.2 Å². The summed E-state index contributed by atoms with van der Waals surface area (Å²) < 4.78 is 23.2. The van der Waals surface area contributed by atoms with Crippen LogP contribution >= 0.6 is 0 Å². The Balaban J connectivity index is 1.67. The first-order valence-corrected chi connectivity index (χ1v) is 10.3. The number of rotatable bonds is 9. The lowest BCUT2D eigenvalue weighted by Gasteiger charge is -2.07. The van der Waals surface area contributed by atoms with Gasteiger partial charge in [-0.05, 0) is 44.2 Å². The first-order valence-electron chi connectivity index (χ1n) is 10.3. The van der Waals surface area contributed by atoms with Gasteiger partial charge in [0.15, 0.2) is 6.61 Å². The number of aryl methyl sites for hydroxylation is 1. The fraction of sp³-hybridized carbons (Fsp3) is 0.292. The van der Waals surface area contributed by atoms with Gasteiger partial charge in [-0.2, -0.15) is 5.10 Å². The summed E-state index contributed by atoms with van der Waals surface area (Å²) in [6, 6.07) is 10.6. The van der Waals surface area contributed by atoms with Gasteiger partial charge in [-0.15, -0.1) is 0 Å². The Morgan fingerprint density at radius 1 is 1.09 bits per heavy atom. The highest BCUT2D eigenvalue weighted by Gasteiger charge is 2.20. The molecule has 1 aromatic heterocycles. The predicted octanol–water partition coefficient (Wildman–Crippen LogP) is 3.21. The molecule has 0 aliphatic carbocycles. The van der Waals surface area contributed by atoms with Crippen molar-refractivity contribution >= 4 is 29.0 Å². The van der Waals surface area contributed by atoms with Crippen LogP contribution in [-0.2, 0) is 16.6 Å². The Kier molecular flexibility index (Phi) is 7.55. The Labute approximate surface area is 191 Å². The second-order valence-corrected chi connectivity index (χ2v) is 7.11. The Morgan fingerprint density at radius 3 is 2.55 bits per heavy atom. The van der Waals surface area contributed by atoms with Crippen LogP contribution in [0.1, 0.15) is 28.5 Å². The molecule has 0 aliphatic rings. The molecule has 0 bridgehead atoms. The summed E-state index contributed by atoms with van der Waals surface area (Å²) in [5.41, 5.74) is 5.24. The minimum atomic E-state index is -0.436. The van der Waals surface area contributed by atoms with Gasteiger partial charge in [-0.1, -0.05) is 0 Å². The van der Waals surface area contributed by atoms with E-state index in [4.69, 9.17) is 18.9 Å². The van der Waals surface area contributed by atoms with Crippen molar-refractivity contribution < 1.29 is 28.5 Å². The zero-order valence-corrected chi connectivity index (χ0v) is 19.3. The van der Waals surface area contributed by atoms with E-state index in [1.165, 1.54) is 13.3 Å². The van der Waals surface area contributed by atoms with Crippen molar-refractivity contribution in [2.24, 2.45) is 12.1 Å². The molecule has 9 heteroatoms. The number of nitrogens with zero attached hydrogens (tertiary/aromatic N) is 2. The van der Waals surface area contributed by atoms with Crippen LogP contribution in [0.2, 0.25) is 0 Å². The molecular weight excluding hydrogens is 426 g/mol. The molecule has 0 atom stereocenters. The van der Waals surface area contributed by atoms with Crippen LogP contribution in [0, 0.1) is 6.92 Å². The van der Waals surface area contributed by atoms with Gasteiger partial charge in [-0.25, -0.2) is 10.2 Å². The number of methoxy groups -OCH3 is 2. The smallest absolute Gasteiger partial charge is 0.340 e. The van der Waals surface area contributed by atoms with E-state index in [2.05, 4.69) is 10.5 Å². The van der Waals surface area contributed by atoms with Crippen LogP contribution in [0.25, 0.3) is 10.9 Å². The molecule has 3 rings (SSSR count). The van der Waals surface area contributed by atoms with E-state index in [-0.39, 0.29) is 13.2 Å². The molecule has 2 aromatic carbocycles. The maximum absolute atomic E-state index is 12.4. The molecule has 0 unspecified atom stereocenters. The number of carbonyl (C=O) groups is 2. The fourth-order valence-electron chi connectivity index (χ4n) is 3.38. The van der Waals surface area contributed by atoms with Gasteiger partial charge < -0.3 is 23.5 Å². The molecule has 33 heavy (non-hydrogen) atoms. The van der Waals surface area contributed by atoms with Gasteiger partial charge in [0.05, 0.1) is 32.6 Å². The molecular formula is C24H27N3O6. The third-order valence-corrected chi connectivity index (χ3v) is 5.15. The number of hydrogen-bond acceptors (Lipinski definition) is 7. The number of benzene rings is 2. The van der Waals surface area contributed by atoms with Crippen molar-refractivity contribution in [3.8, 4) is 17.2 Å². The second kappa shape index (κ2) is 10.5. The number of hydrogen-bond donors (Lipinski definition) is 1. The van der Waals surface area contributed by atoms with Gasteiger partial charge in [0.2, 0.25) is 0 Å². The lowest BCUT2D eigenvalue weighted by molar-refractivity contribution is -0.123. The van der Waals surface area contributed by atoms with E-state index in [0.717, 1.165) is 11.2 Å². The largest absolute Gasteiger partial charge is 0.497 e. The van der Waals surface area contributed by atoms with E-state index in [0.29, 0.717) is 33.8 Å². The summed E-state index contributed by atoms with van der Waals surface area (Å²) >= 11 is 0. The number of amides is 1. The molecule has 1 amide bonds. The summed E-state index contributed by atoms with van der Waals surface area (Å²) in [5.74, 6) is 0.840. The number of aromatic nitrogens is 1. The molecule has 0 fully saturated rings. The molecule has 0 saturated carbocycles. The maximum atomic E-state index is 12.4. The number of nitrogens with one attached hydrogen (secondary N) is 1. The molecule has 9 nitrogen and oxygen atoms in total. The van der Waals surface area contributed by atoms with Crippen molar-refractivity contribution in [1.82, 2.24) is 9.99 Å². The van der Waals surface area contributed by atoms with E-state index in [1.807, 2.05) is 24.6 Å². The highest BCUT2D eigenvalue weighted by Crippen LogP contribution is 2.29. The topological polar surface area (TPSA) is 100 Å². The van der Waals surface area contributed by atoms with Crippen LogP contribution in [-0.4, -0.2) is 50.1 Å². The van der Waals surface area contributed by atoms with Gasteiger partial charge in [-0.3, -0.25) is 4.79 Å². The summed E-state index contributed by atoms with van der Waals surface area (Å²) in [6.45, 7) is 3.66. The number of esters is 1. The first kappa shape index (κ1) is 23.6. The average Bonchev–Trinajstić information content (AvgIpc) is 3.07. The highest BCUT2D eigenvalue weighted by molar-refractivity contribution is 6.06. The monoisotopic (exact) mass is 453 g/mol. The molecule has 0 saturated heterocycles. The van der Waals surface area contributed by atoms with Gasteiger partial charge in [0.25, 0.3) is 5.91 Å². The summed E-state index contributed by atoms with van der Waals surface area (Å²) in [6.07, 6.45) is 1.47. The lowest BCUT2D eigenvalue weighted by Crippen LogP contribution is -2.24. The number of fused-ring (bicyclic) bond motifs is 1. The Hall–Kier alpha value is -4.01. The minimum absolute atomic E-state index is 0.247. The number of ether oxygens (including phenoxy) is 4. The van der Waals surface area contributed by atoms with E-state index < -0.39 is 11.9 Å². The predicted molar refractivity (Wildman–Crippen MR) is 124 cm³/mol. The third kappa shape index (κ3) is 5.25. The zero-order chi connectivity index (χ0) is 24.0. The van der Waals surface area contributed by atoms with Crippen molar-refractivity contribution in [3.05, 3.63) is 53.2 Å². The van der Waals surface area contributed by atoms with E-state index >= 15 is 0 Å². The molecule has 3 aromatic rings. The molecule has 174 valence electrons. The second-order valence-electron chi connectivity index (χ2n) is 7.11. The van der Waals surface area contributed by atoms with Crippen LogP contribution in [0.4, 0.5) is 0 Å². The van der Waals surface area contributed by atoms with E-state index in [9.17, 15) is 9.59 Å². The van der Waals surface area contributed by atoms with E-state index in [1.54, 1.807) is 44.4 Å². The Bertz CT molecular complexity index is 1200. The molecule has 0 radical (unpaired) electrons. The third-order valence-electron chi connectivity index (χ3n) is 5.15. The summed E-state index contributed by atoms with van der Waals surface area (Å²) in [5, 5.41) is 4.66. The molecule has 0 spiro atoms. The maximum Gasteiger partial charge on any atom is 0.340 e. The summed E-state index contributed by atoms with van der Waals surface area (Å²) in [7, 11) is 4.98. The molecule has 1 heterocycles. The molecule has 0 aliphatic heterocycles. The number of hydrazone groups is 1. The van der Waals surface area contributed by atoms with Crippen LogP contribution < -0.4 is 19.6 Å². The Morgan fingerprint density at radius 2 is 1.85 bits per heavy atom. The SMILES string of the molecule is CCOC(=O)c1c(C)n(C)c2ccc(OCC(=O)N/N=C/c3ccc(OC)cc3OC)cc12. The highest BCUT2D eigenvalue weighted by atomic mass is 16.5. The van der Waals surface area contributed by atoms with Gasteiger partial charge >= 0.3 is 5.97 Å². The van der Waals surface area contributed by atoms with Crippen molar-refractivity contribution in [3.63, 3.8) is 0 Å². The molecule has 1 N–H and O–H groups in total. The van der Waals surface area contributed by atoms with Gasteiger partial charge in [0.1, 0.15) is 17.2 Å². The van der Waals surface area contributed by atoms with Crippen molar-refractivity contribution in [2.45, 2.75) is 13.8 Å². The zero-order valence-electron chi connectivity index (χ0n) is 19.3. The lowest BCUT2D eigenvalue weighted by atomic mass is 10.1.